The highest BCUT2D eigenvalue weighted by Gasteiger charge is 2.34. The topological polar surface area (TPSA) is 57.2 Å². The average molecular weight is 502 g/mol. The van der Waals surface area contributed by atoms with E-state index in [0.29, 0.717) is 51.6 Å². The third kappa shape index (κ3) is 4.74. The van der Waals surface area contributed by atoms with Gasteiger partial charge in [0.2, 0.25) is 0 Å². The molecule has 4 rings (SSSR count). The molecule has 1 atom stereocenters. The van der Waals surface area contributed by atoms with E-state index in [1.165, 1.54) is 0 Å². The Hall–Kier alpha value is -3.09. The first kappa shape index (κ1) is 24.0. The molecule has 0 unspecified atom stereocenters. The van der Waals surface area contributed by atoms with Crippen LogP contribution in [-0.2, 0) is 6.42 Å². The summed E-state index contributed by atoms with van der Waals surface area (Å²) in [6.07, 6.45) is 0.651. The number of amides is 1. The summed E-state index contributed by atoms with van der Waals surface area (Å²) >= 11 is 12.4. The largest absolute Gasteiger partial charge is 0.493 e. The number of rotatable bonds is 7. The maximum atomic E-state index is 13.6. The zero-order valence-corrected chi connectivity index (χ0v) is 20.7. The minimum absolute atomic E-state index is 0.198. The van der Waals surface area contributed by atoms with E-state index in [1.807, 2.05) is 36.4 Å². The fourth-order valence-electron chi connectivity index (χ4n) is 4.18. The number of carbonyl (C=O) groups is 1. The van der Waals surface area contributed by atoms with Crippen LogP contribution in [-0.4, -0.2) is 45.3 Å². The van der Waals surface area contributed by atoms with E-state index in [2.05, 4.69) is 0 Å². The molecule has 0 saturated heterocycles. The fourth-order valence-corrected chi connectivity index (χ4v) is 4.66. The Balaban J connectivity index is 1.74. The average Bonchev–Trinajstić information content (AvgIpc) is 2.86. The summed E-state index contributed by atoms with van der Waals surface area (Å²) in [4.78, 5) is 15.4. The molecule has 0 aromatic heterocycles. The molecule has 1 aliphatic heterocycles. The third-order valence-electron chi connectivity index (χ3n) is 5.89. The van der Waals surface area contributed by atoms with E-state index in [9.17, 15) is 4.79 Å². The molecule has 0 fully saturated rings. The van der Waals surface area contributed by atoms with Gasteiger partial charge in [-0.1, -0.05) is 35.3 Å². The fraction of sp³-hybridized carbons (Fsp3) is 0.269. The van der Waals surface area contributed by atoms with Gasteiger partial charge >= 0.3 is 0 Å². The van der Waals surface area contributed by atoms with Gasteiger partial charge in [0.15, 0.2) is 23.0 Å². The summed E-state index contributed by atoms with van der Waals surface area (Å²) in [6.45, 7) is 0.694. The zero-order chi connectivity index (χ0) is 24.2. The minimum atomic E-state index is -0.396. The van der Waals surface area contributed by atoms with E-state index in [1.54, 1.807) is 44.4 Å². The Morgan fingerprint density at radius 1 is 0.912 bits per heavy atom. The van der Waals surface area contributed by atoms with Crippen LogP contribution in [0.25, 0.3) is 0 Å². The van der Waals surface area contributed by atoms with Crippen molar-refractivity contribution in [3.63, 3.8) is 0 Å². The number of benzene rings is 3. The monoisotopic (exact) mass is 501 g/mol. The summed E-state index contributed by atoms with van der Waals surface area (Å²) in [5.74, 6) is 2.24. The molecule has 1 aliphatic rings. The molecule has 0 bridgehead atoms. The van der Waals surface area contributed by atoms with Crippen molar-refractivity contribution in [3.05, 3.63) is 81.3 Å². The van der Waals surface area contributed by atoms with Gasteiger partial charge in [-0.05, 0) is 60.0 Å². The maximum absolute atomic E-state index is 13.6. The van der Waals surface area contributed by atoms with E-state index >= 15 is 0 Å². The first-order chi connectivity index (χ1) is 16.5. The van der Waals surface area contributed by atoms with Crippen molar-refractivity contribution in [2.45, 2.75) is 12.5 Å². The zero-order valence-electron chi connectivity index (χ0n) is 19.1. The van der Waals surface area contributed by atoms with Gasteiger partial charge in [-0.3, -0.25) is 4.79 Å². The molecule has 8 heteroatoms. The van der Waals surface area contributed by atoms with Crippen LogP contribution in [0.5, 0.6) is 23.0 Å². The second-order valence-corrected chi connectivity index (χ2v) is 8.60. The lowest BCUT2D eigenvalue weighted by atomic mass is 9.91. The molecular weight excluding hydrogens is 477 g/mol. The Morgan fingerprint density at radius 2 is 1.59 bits per heavy atom. The highest BCUT2D eigenvalue weighted by Crippen LogP contribution is 2.40. The lowest BCUT2D eigenvalue weighted by Crippen LogP contribution is -2.42. The van der Waals surface area contributed by atoms with Crippen molar-refractivity contribution in [1.82, 2.24) is 4.90 Å². The van der Waals surface area contributed by atoms with Crippen molar-refractivity contribution >= 4 is 29.1 Å². The second-order valence-electron chi connectivity index (χ2n) is 7.76. The molecule has 34 heavy (non-hydrogen) atoms. The SMILES string of the molecule is COc1cc2c(cc1OC)[C@H](COc1ccccc1OC)N(C(=O)c1ccc(Cl)cc1Cl)CC2. The number of hydrogen-bond donors (Lipinski definition) is 0. The number of fused-ring (bicyclic) bond motifs is 1. The molecule has 1 amide bonds. The van der Waals surface area contributed by atoms with E-state index in [0.717, 1.165) is 11.1 Å². The van der Waals surface area contributed by atoms with Gasteiger partial charge in [0.1, 0.15) is 6.61 Å². The van der Waals surface area contributed by atoms with Crippen molar-refractivity contribution in [1.29, 1.82) is 0 Å². The number of methoxy groups -OCH3 is 3. The summed E-state index contributed by atoms with van der Waals surface area (Å²) in [6, 6.07) is 15.8. The van der Waals surface area contributed by atoms with Gasteiger partial charge in [0, 0.05) is 11.6 Å². The van der Waals surface area contributed by atoms with Crippen molar-refractivity contribution in [2.75, 3.05) is 34.5 Å². The summed E-state index contributed by atoms with van der Waals surface area (Å²) in [5.41, 5.74) is 2.38. The van der Waals surface area contributed by atoms with Gasteiger partial charge in [-0.25, -0.2) is 0 Å². The number of halogens is 2. The molecule has 0 N–H and O–H groups in total. The Morgan fingerprint density at radius 3 is 2.26 bits per heavy atom. The molecule has 1 heterocycles. The Labute approximate surface area is 208 Å². The quantitative estimate of drug-likeness (QED) is 0.407. The molecule has 3 aromatic rings. The number of ether oxygens (including phenoxy) is 4. The van der Waals surface area contributed by atoms with Crippen molar-refractivity contribution in [3.8, 4) is 23.0 Å². The van der Waals surface area contributed by atoms with Crippen molar-refractivity contribution in [2.24, 2.45) is 0 Å². The summed E-state index contributed by atoms with van der Waals surface area (Å²) in [7, 11) is 4.78. The molecule has 0 saturated carbocycles. The van der Waals surface area contributed by atoms with E-state index in [4.69, 9.17) is 42.1 Å². The van der Waals surface area contributed by atoms with E-state index in [-0.39, 0.29) is 12.5 Å². The Kier molecular flexibility index (Phi) is 7.39. The molecule has 0 spiro atoms. The molecular formula is C26H25Cl2NO5. The predicted octanol–water partition coefficient (Wildman–Crippen LogP) is 5.84. The Bertz CT molecular complexity index is 1200. The van der Waals surface area contributed by atoms with Gasteiger partial charge in [-0.2, -0.15) is 0 Å². The van der Waals surface area contributed by atoms with E-state index < -0.39 is 6.04 Å². The molecule has 3 aromatic carbocycles. The minimum Gasteiger partial charge on any atom is -0.493 e. The van der Waals surface area contributed by atoms with Crippen LogP contribution in [0, 0.1) is 0 Å². The molecule has 0 aliphatic carbocycles. The van der Waals surface area contributed by atoms with Crippen molar-refractivity contribution < 1.29 is 23.7 Å². The summed E-state index contributed by atoms with van der Waals surface area (Å²) < 4.78 is 22.6. The number of hydrogen-bond acceptors (Lipinski definition) is 5. The van der Waals surface area contributed by atoms with Gasteiger partial charge in [-0.15, -0.1) is 0 Å². The van der Waals surface area contributed by atoms with Crippen LogP contribution in [0.4, 0.5) is 0 Å². The van der Waals surface area contributed by atoms with Crippen LogP contribution in [0.1, 0.15) is 27.5 Å². The van der Waals surface area contributed by atoms with Crippen LogP contribution >= 0.6 is 23.2 Å². The molecule has 6 nitrogen and oxygen atoms in total. The second kappa shape index (κ2) is 10.5. The third-order valence-corrected chi connectivity index (χ3v) is 6.44. The first-order valence-corrected chi connectivity index (χ1v) is 11.5. The standard InChI is InChI=1S/C26H25Cl2NO5/c1-31-22-6-4-5-7-23(22)34-15-21-19-14-25(33-3)24(32-2)12-16(19)10-11-29(21)26(30)18-9-8-17(27)13-20(18)28/h4-9,12-14,21H,10-11,15H2,1-3H3/t21-/m0/s1. The summed E-state index contributed by atoms with van der Waals surface area (Å²) in [5, 5.41) is 0.776. The van der Waals surface area contributed by atoms with Crippen LogP contribution in [0.15, 0.2) is 54.6 Å². The van der Waals surface area contributed by atoms with Crippen LogP contribution in [0.2, 0.25) is 10.0 Å². The molecule has 178 valence electrons. The van der Waals surface area contributed by atoms with Crippen LogP contribution in [0.3, 0.4) is 0 Å². The number of nitrogens with zero attached hydrogens (tertiary/aromatic N) is 1. The van der Waals surface area contributed by atoms with Gasteiger partial charge in [0.05, 0.1) is 38.0 Å². The highest BCUT2D eigenvalue weighted by molar-refractivity contribution is 6.36. The van der Waals surface area contributed by atoms with Crippen LogP contribution < -0.4 is 18.9 Å². The number of para-hydroxylation sites is 2. The maximum Gasteiger partial charge on any atom is 0.256 e. The van der Waals surface area contributed by atoms with Gasteiger partial charge in [0.25, 0.3) is 5.91 Å². The predicted molar refractivity (Wildman–Crippen MR) is 132 cm³/mol. The lowest BCUT2D eigenvalue weighted by Gasteiger charge is -2.38. The van der Waals surface area contributed by atoms with Gasteiger partial charge < -0.3 is 23.8 Å². The smallest absolute Gasteiger partial charge is 0.256 e. The number of carbonyl (C=O) groups excluding carboxylic acids is 1. The highest BCUT2D eigenvalue weighted by atomic mass is 35.5. The molecule has 0 radical (unpaired) electrons. The first-order valence-electron chi connectivity index (χ1n) is 10.7. The normalized spacial score (nSPS) is 14.9. The lowest BCUT2D eigenvalue weighted by molar-refractivity contribution is 0.0587.